The average Bonchev–Trinajstić information content (AvgIpc) is 2.26. The minimum atomic E-state index is -0.706. The summed E-state index contributed by atoms with van der Waals surface area (Å²) in [5, 5.41) is 9.65. The van der Waals surface area contributed by atoms with Crippen LogP contribution in [0.1, 0.15) is 18.9 Å². The molecule has 0 saturated carbocycles. The lowest BCUT2D eigenvalue weighted by atomic mass is 10.1. The van der Waals surface area contributed by atoms with Crippen LogP contribution >= 0.6 is 0 Å². The molecule has 0 aromatic heterocycles. The van der Waals surface area contributed by atoms with Gasteiger partial charge in [-0.15, -0.1) is 0 Å². The molecule has 0 aliphatic heterocycles. The first-order chi connectivity index (χ1) is 8.08. The number of rotatable bonds is 5. The van der Waals surface area contributed by atoms with Crippen LogP contribution < -0.4 is 0 Å². The van der Waals surface area contributed by atoms with E-state index >= 15 is 0 Å². The lowest BCUT2D eigenvalue weighted by Gasteiger charge is -2.07. The van der Waals surface area contributed by atoms with Crippen LogP contribution in [0, 0.1) is 0 Å². The molecule has 0 saturated heterocycles. The molecular weight excluding hydrogens is 216 g/mol. The molecule has 0 fully saturated rings. The second-order valence-electron chi connectivity index (χ2n) is 3.67. The summed E-state index contributed by atoms with van der Waals surface area (Å²) in [7, 11) is 0. The van der Waals surface area contributed by atoms with Crippen LogP contribution in [0.15, 0.2) is 48.7 Å². The molecule has 0 aliphatic carbocycles. The lowest BCUT2D eigenvalue weighted by Crippen LogP contribution is -2.07. The Morgan fingerprint density at radius 1 is 1.47 bits per heavy atom. The van der Waals surface area contributed by atoms with Gasteiger partial charge in [-0.2, -0.15) is 0 Å². The number of hydrogen-bond donors (Lipinski definition) is 1. The summed E-state index contributed by atoms with van der Waals surface area (Å²) in [5.41, 5.74) is 1.00. The van der Waals surface area contributed by atoms with Crippen molar-refractivity contribution >= 4 is 12.0 Å². The molecular formula is C14H16O3. The highest BCUT2D eigenvalue weighted by molar-refractivity contribution is 5.67. The van der Waals surface area contributed by atoms with Gasteiger partial charge in [0.05, 0.1) is 6.10 Å². The maximum absolute atomic E-state index is 10.6. The summed E-state index contributed by atoms with van der Waals surface area (Å²) in [4.78, 5) is 10.6. The molecule has 3 heteroatoms. The Hall–Kier alpha value is -1.87. The molecule has 1 aromatic rings. The first-order valence-corrected chi connectivity index (χ1v) is 5.35. The molecule has 0 aliphatic rings. The third kappa shape index (κ3) is 5.68. The van der Waals surface area contributed by atoms with Crippen molar-refractivity contribution in [3.05, 3.63) is 54.3 Å². The molecule has 1 rings (SSSR count). The van der Waals surface area contributed by atoms with Crippen LogP contribution in [-0.2, 0) is 9.53 Å². The first-order valence-electron chi connectivity index (χ1n) is 5.35. The van der Waals surface area contributed by atoms with Gasteiger partial charge >= 0.3 is 5.97 Å². The summed E-state index contributed by atoms with van der Waals surface area (Å²) in [6.45, 7) is 4.86. The number of carbonyl (C=O) groups is 1. The van der Waals surface area contributed by atoms with Gasteiger partial charge in [-0.25, -0.2) is 0 Å². The highest BCUT2D eigenvalue weighted by Gasteiger charge is 2.05. The Kier molecular flexibility index (Phi) is 5.17. The third-order valence-electron chi connectivity index (χ3n) is 2.04. The Morgan fingerprint density at radius 3 is 2.71 bits per heavy atom. The third-order valence-corrected chi connectivity index (χ3v) is 2.04. The van der Waals surface area contributed by atoms with Gasteiger partial charge in [0.1, 0.15) is 5.76 Å². The molecule has 0 heterocycles. The Morgan fingerprint density at radius 2 is 2.12 bits per heavy atom. The van der Waals surface area contributed by atoms with Crippen LogP contribution in [0.3, 0.4) is 0 Å². The summed E-state index contributed by atoms with van der Waals surface area (Å²) in [5.74, 6) is -0.156. The smallest absolute Gasteiger partial charge is 0.307 e. The van der Waals surface area contributed by atoms with E-state index in [4.69, 9.17) is 4.74 Å². The quantitative estimate of drug-likeness (QED) is 0.626. The van der Waals surface area contributed by atoms with E-state index in [0.717, 1.165) is 5.56 Å². The molecule has 17 heavy (non-hydrogen) atoms. The summed E-state index contributed by atoms with van der Waals surface area (Å²) in [6, 6.07) is 9.64. The maximum Gasteiger partial charge on any atom is 0.307 e. The van der Waals surface area contributed by atoms with Gasteiger partial charge in [-0.3, -0.25) is 4.79 Å². The number of carbonyl (C=O) groups excluding carboxylic acids is 1. The number of hydrogen-bond acceptors (Lipinski definition) is 3. The van der Waals surface area contributed by atoms with Gasteiger partial charge in [-0.1, -0.05) is 49.1 Å². The number of benzene rings is 1. The fraction of sp³-hybridized carbons (Fsp3) is 0.214. The van der Waals surface area contributed by atoms with Crippen molar-refractivity contribution in [2.75, 3.05) is 0 Å². The molecule has 0 radical (unpaired) electrons. The van der Waals surface area contributed by atoms with E-state index in [1.165, 1.54) is 6.92 Å². The zero-order valence-corrected chi connectivity index (χ0v) is 9.80. The topological polar surface area (TPSA) is 46.5 Å². The molecule has 90 valence electrons. The van der Waals surface area contributed by atoms with E-state index in [2.05, 4.69) is 6.58 Å². The molecule has 0 bridgehead atoms. The summed E-state index contributed by atoms with van der Waals surface area (Å²) < 4.78 is 4.75. The standard InChI is InChI=1S/C14H16O3/c1-11(17-12(2)15)10-14(16)9-8-13-6-4-3-5-7-13/h3-9,14,16H,1,10H2,2H3/b9-8+. The average molecular weight is 232 g/mol. The van der Waals surface area contributed by atoms with E-state index in [9.17, 15) is 9.90 Å². The SMILES string of the molecule is C=C(CC(O)/C=C/c1ccccc1)OC(C)=O. The molecule has 3 nitrogen and oxygen atoms in total. The van der Waals surface area contributed by atoms with Crippen molar-refractivity contribution in [1.29, 1.82) is 0 Å². The Bertz CT molecular complexity index is 407. The minimum absolute atomic E-state index is 0.211. The zero-order valence-electron chi connectivity index (χ0n) is 9.80. The predicted octanol–water partition coefficient (Wildman–Crippen LogP) is 2.53. The highest BCUT2D eigenvalue weighted by atomic mass is 16.5. The largest absolute Gasteiger partial charge is 0.432 e. The van der Waals surface area contributed by atoms with Crippen LogP contribution in [0.25, 0.3) is 6.08 Å². The first kappa shape index (κ1) is 13.2. The number of esters is 1. The van der Waals surface area contributed by atoms with Crippen LogP contribution in [0.5, 0.6) is 0 Å². The van der Waals surface area contributed by atoms with E-state index in [1.807, 2.05) is 36.4 Å². The molecule has 1 unspecified atom stereocenters. The van der Waals surface area contributed by atoms with E-state index in [1.54, 1.807) is 6.08 Å². The van der Waals surface area contributed by atoms with Crippen molar-refractivity contribution in [2.45, 2.75) is 19.4 Å². The van der Waals surface area contributed by atoms with Crippen LogP contribution in [0.4, 0.5) is 0 Å². The fourth-order valence-corrected chi connectivity index (χ4v) is 1.33. The summed E-state index contributed by atoms with van der Waals surface area (Å²) in [6.07, 6.45) is 2.96. The van der Waals surface area contributed by atoms with E-state index < -0.39 is 12.1 Å². The van der Waals surface area contributed by atoms with E-state index in [-0.39, 0.29) is 12.2 Å². The normalized spacial score (nSPS) is 12.4. The molecule has 1 atom stereocenters. The van der Waals surface area contributed by atoms with Gasteiger partial charge in [0, 0.05) is 13.3 Å². The summed E-state index contributed by atoms with van der Waals surface area (Å²) >= 11 is 0. The number of aliphatic hydroxyl groups excluding tert-OH is 1. The van der Waals surface area contributed by atoms with Gasteiger partial charge in [0.15, 0.2) is 0 Å². The van der Waals surface area contributed by atoms with Crippen molar-refractivity contribution in [2.24, 2.45) is 0 Å². The van der Waals surface area contributed by atoms with Crippen molar-refractivity contribution in [1.82, 2.24) is 0 Å². The Labute approximate surface area is 101 Å². The lowest BCUT2D eigenvalue weighted by molar-refractivity contribution is -0.137. The number of aliphatic hydroxyl groups is 1. The van der Waals surface area contributed by atoms with Crippen LogP contribution in [-0.4, -0.2) is 17.2 Å². The molecule has 1 aromatic carbocycles. The van der Waals surface area contributed by atoms with Crippen LogP contribution in [0.2, 0.25) is 0 Å². The minimum Gasteiger partial charge on any atom is -0.432 e. The second kappa shape index (κ2) is 6.66. The molecule has 0 spiro atoms. The van der Waals surface area contributed by atoms with Crippen molar-refractivity contribution in [3.63, 3.8) is 0 Å². The van der Waals surface area contributed by atoms with Gasteiger partial charge < -0.3 is 9.84 Å². The Balaban J connectivity index is 2.44. The molecule has 1 N–H and O–H groups in total. The van der Waals surface area contributed by atoms with E-state index in [0.29, 0.717) is 0 Å². The fourth-order valence-electron chi connectivity index (χ4n) is 1.33. The van der Waals surface area contributed by atoms with Gasteiger partial charge in [0.2, 0.25) is 0 Å². The van der Waals surface area contributed by atoms with Crippen molar-refractivity contribution < 1.29 is 14.6 Å². The monoisotopic (exact) mass is 232 g/mol. The van der Waals surface area contributed by atoms with Crippen molar-refractivity contribution in [3.8, 4) is 0 Å². The highest BCUT2D eigenvalue weighted by Crippen LogP contribution is 2.08. The van der Waals surface area contributed by atoms with Gasteiger partial charge in [-0.05, 0) is 5.56 Å². The maximum atomic E-state index is 10.6. The second-order valence-corrected chi connectivity index (χ2v) is 3.67. The van der Waals surface area contributed by atoms with Gasteiger partial charge in [0.25, 0.3) is 0 Å². The predicted molar refractivity (Wildman–Crippen MR) is 67.0 cm³/mol. The molecule has 0 amide bonds. The number of ether oxygens (including phenoxy) is 1. The zero-order chi connectivity index (χ0) is 12.7.